The molecule has 8 nitrogen and oxygen atoms in total. The average Bonchev–Trinajstić information content (AvgIpc) is 3.10. The smallest absolute Gasteiger partial charge is 0.255 e. The second-order valence-electron chi connectivity index (χ2n) is 11.1. The Morgan fingerprint density at radius 2 is 1.61 bits per heavy atom. The summed E-state index contributed by atoms with van der Waals surface area (Å²) in [5, 5.41) is 15.7. The lowest BCUT2D eigenvalue weighted by atomic mass is 9.74. The molecule has 13 heteroatoms. The number of halogens is 4. The number of benzene rings is 2. The first-order valence-corrected chi connectivity index (χ1v) is 15.4. The Labute approximate surface area is 240 Å². The molecule has 2 aliphatic carbocycles. The van der Waals surface area contributed by atoms with Gasteiger partial charge in [0.2, 0.25) is 5.91 Å². The van der Waals surface area contributed by atoms with E-state index in [9.17, 15) is 36.3 Å². The number of amides is 2. The normalized spacial score (nSPS) is 26.5. The zero-order chi connectivity index (χ0) is 29.5. The fourth-order valence-corrected chi connectivity index (χ4v) is 8.76. The fraction of sp³-hybridized carbons (Fsp3) is 0.500. The van der Waals surface area contributed by atoms with E-state index >= 15 is 0 Å². The minimum absolute atomic E-state index is 0.0479. The molecule has 41 heavy (non-hydrogen) atoms. The third-order valence-corrected chi connectivity index (χ3v) is 11.3. The summed E-state index contributed by atoms with van der Waals surface area (Å²) in [6, 6.07) is 4.82. The molecule has 2 bridgehead atoms. The minimum Gasteiger partial charge on any atom is -0.387 e. The summed E-state index contributed by atoms with van der Waals surface area (Å²) in [5.74, 6) is -6.56. The number of hydrogen-bond donors (Lipinski definition) is 3. The van der Waals surface area contributed by atoms with Crippen LogP contribution >= 0.6 is 11.6 Å². The van der Waals surface area contributed by atoms with Gasteiger partial charge in [0.25, 0.3) is 5.91 Å². The van der Waals surface area contributed by atoms with Gasteiger partial charge in [-0.15, -0.1) is 0 Å². The first-order chi connectivity index (χ1) is 19.4. The van der Waals surface area contributed by atoms with Crippen LogP contribution in [0.4, 0.5) is 18.9 Å². The first-order valence-electron chi connectivity index (χ1n) is 13.5. The zero-order valence-electron chi connectivity index (χ0n) is 22.0. The van der Waals surface area contributed by atoms with Gasteiger partial charge in [0.1, 0.15) is 0 Å². The summed E-state index contributed by atoms with van der Waals surface area (Å²) in [7, 11) is -4.06. The summed E-state index contributed by atoms with van der Waals surface area (Å²) < 4.78 is 73.2. The molecule has 222 valence electrons. The minimum atomic E-state index is -4.06. The summed E-state index contributed by atoms with van der Waals surface area (Å²) in [5.41, 5.74) is -1.71. The lowest BCUT2D eigenvalue weighted by Gasteiger charge is -2.42. The van der Waals surface area contributed by atoms with Crippen molar-refractivity contribution in [1.82, 2.24) is 5.32 Å². The van der Waals surface area contributed by atoms with Gasteiger partial charge in [0, 0.05) is 49.1 Å². The van der Waals surface area contributed by atoms with Crippen molar-refractivity contribution >= 4 is 38.9 Å². The second kappa shape index (κ2) is 11.5. The van der Waals surface area contributed by atoms with E-state index in [0.29, 0.717) is 51.0 Å². The number of anilines is 1. The van der Waals surface area contributed by atoms with E-state index in [-0.39, 0.29) is 64.2 Å². The number of nitrogens with one attached hydrogen (secondary N) is 2. The van der Waals surface area contributed by atoms with Gasteiger partial charge < -0.3 is 20.5 Å². The van der Waals surface area contributed by atoms with Crippen molar-refractivity contribution in [3.8, 4) is 0 Å². The molecular formula is C28H30ClF3N2O6S. The molecule has 0 radical (unpaired) electrons. The molecule has 2 aromatic rings. The van der Waals surface area contributed by atoms with E-state index in [1.807, 2.05) is 0 Å². The topological polar surface area (TPSA) is 122 Å². The monoisotopic (exact) mass is 614 g/mol. The standard InChI is InChI=1S/C28H30ClF3N2O6S/c29-21-4-1-16(27(36)34-19-12-22(30)25(32)23(31)13-19)9-24(21)41(38,39)20-10-17-2-3-18(11-20)28(17,37)14-33-26(35)15-5-7-40-8-6-15/h1,4,9,12-13,15,17-18,20,37H,2-3,5-8,10-11,14H2,(H,33,35)(H,34,36)/t17-,18?,20?,28?/m0/s1. The largest absolute Gasteiger partial charge is 0.387 e. The number of carbonyl (C=O) groups is 2. The molecule has 2 aromatic carbocycles. The quantitative estimate of drug-likeness (QED) is 0.401. The lowest BCUT2D eigenvalue weighted by Crippen LogP contribution is -2.55. The molecular weight excluding hydrogens is 585 g/mol. The van der Waals surface area contributed by atoms with Crippen molar-refractivity contribution in [3.63, 3.8) is 0 Å². The van der Waals surface area contributed by atoms with Crippen LogP contribution in [-0.4, -0.2) is 55.9 Å². The van der Waals surface area contributed by atoms with Crippen LogP contribution in [0, 0.1) is 35.2 Å². The van der Waals surface area contributed by atoms with E-state index in [1.165, 1.54) is 12.1 Å². The molecule has 5 rings (SSSR count). The van der Waals surface area contributed by atoms with Crippen LogP contribution in [0.3, 0.4) is 0 Å². The highest BCUT2D eigenvalue weighted by atomic mass is 35.5. The molecule has 0 aromatic heterocycles. The van der Waals surface area contributed by atoms with Crippen molar-refractivity contribution in [2.75, 3.05) is 25.1 Å². The van der Waals surface area contributed by atoms with Gasteiger partial charge in [0.05, 0.1) is 20.8 Å². The van der Waals surface area contributed by atoms with Crippen molar-refractivity contribution in [2.24, 2.45) is 17.8 Å². The van der Waals surface area contributed by atoms with Gasteiger partial charge in [0.15, 0.2) is 27.3 Å². The third kappa shape index (κ3) is 5.84. The summed E-state index contributed by atoms with van der Waals surface area (Å²) in [4.78, 5) is 25.1. The molecule has 3 unspecified atom stereocenters. The van der Waals surface area contributed by atoms with Crippen LogP contribution in [-0.2, 0) is 19.4 Å². The van der Waals surface area contributed by atoms with Crippen molar-refractivity contribution in [2.45, 2.75) is 54.3 Å². The van der Waals surface area contributed by atoms with Crippen molar-refractivity contribution in [3.05, 3.63) is 58.4 Å². The number of hydrogen-bond acceptors (Lipinski definition) is 6. The number of carbonyl (C=O) groups excluding carboxylic acids is 2. The Morgan fingerprint density at radius 3 is 2.22 bits per heavy atom. The molecule has 1 saturated heterocycles. The van der Waals surface area contributed by atoms with Crippen LogP contribution in [0.2, 0.25) is 5.02 Å². The summed E-state index contributed by atoms with van der Waals surface area (Å²) in [6.45, 7) is 1.08. The molecule has 1 aliphatic heterocycles. The molecule has 4 atom stereocenters. The van der Waals surface area contributed by atoms with E-state index in [4.69, 9.17) is 16.3 Å². The number of sulfone groups is 1. The Morgan fingerprint density at radius 1 is 1.00 bits per heavy atom. The van der Waals surface area contributed by atoms with Crippen LogP contribution in [0.15, 0.2) is 35.2 Å². The molecule has 1 heterocycles. The molecule has 3 N–H and O–H groups in total. The Bertz CT molecular complexity index is 1430. The van der Waals surface area contributed by atoms with Crippen LogP contribution in [0.1, 0.15) is 48.9 Å². The summed E-state index contributed by atoms with van der Waals surface area (Å²) in [6.07, 6.45) is 2.77. The van der Waals surface area contributed by atoms with Gasteiger partial charge in [-0.3, -0.25) is 9.59 Å². The zero-order valence-corrected chi connectivity index (χ0v) is 23.5. The molecule has 3 fully saturated rings. The van der Waals surface area contributed by atoms with E-state index in [0.717, 1.165) is 6.07 Å². The highest BCUT2D eigenvalue weighted by Crippen LogP contribution is 2.52. The third-order valence-electron chi connectivity index (χ3n) is 8.69. The summed E-state index contributed by atoms with van der Waals surface area (Å²) >= 11 is 6.27. The fourth-order valence-electron chi connectivity index (χ4n) is 6.36. The second-order valence-corrected chi connectivity index (χ2v) is 13.7. The Balaban J connectivity index is 1.30. The highest BCUT2D eigenvalue weighted by molar-refractivity contribution is 7.92. The average molecular weight is 615 g/mol. The SMILES string of the molecule is O=C(Nc1cc(F)c(F)c(F)c1)c1ccc(Cl)c(S(=O)(=O)C2CC3CC[C@@H](C2)C3(O)CNC(=O)C2CCOCC2)c1. The Hall–Kier alpha value is -2.67. The molecule has 2 saturated carbocycles. The van der Waals surface area contributed by atoms with E-state index in [1.54, 1.807) is 0 Å². The Kier molecular flexibility index (Phi) is 8.39. The maximum atomic E-state index is 13.8. The lowest BCUT2D eigenvalue weighted by molar-refractivity contribution is -0.130. The molecule has 2 amide bonds. The van der Waals surface area contributed by atoms with Crippen LogP contribution < -0.4 is 10.6 Å². The van der Waals surface area contributed by atoms with Crippen molar-refractivity contribution < 1.29 is 41.0 Å². The van der Waals surface area contributed by atoms with Gasteiger partial charge in [-0.2, -0.15) is 0 Å². The maximum absolute atomic E-state index is 13.8. The predicted molar refractivity (Wildman–Crippen MR) is 144 cm³/mol. The predicted octanol–water partition coefficient (Wildman–Crippen LogP) is 4.25. The number of fused-ring (bicyclic) bond motifs is 2. The maximum Gasteiger partial charge on any atom is 0.255 e. The van der Waals surface area contributed by atoms with Gasteiger partial charge >= 0.3 is 0 Å². The van der Waals surface area contributed by atoms with Gasteiger partial charge in [-0.05, 0) is 68.6 Å². The van der Waals surface area contributed by atoms with E-state index < -0.39 is 44.0 Å². The van der Waals surface area contributed by atoms with Gasteiger partial charge in [-0.1, -0.05) is 11.6 Å². The number of rotatable bonds is 7. The van der Waals surface area contributed by atoms with E-state index in [2.05, 4.69) is 10.6 Å². The van der Waals surface area contributed by atoms with Crippen LogP contribution in [0.5, 0.6) is 0 Å². The van der Waals surface area contributed by atoms with Gasteiger partial charge in [-0.25, -0.2) is 21.6 Å². The van der Waals surface area contributed by atoms with Crippen LogP contribution in [0.25, 0.3) is 0 Å². The number of aliphatic hydroxyl groups is 1. The highest BCUT2D eigenvalue weighted by Gasteiger charge is 2.55. The molecule has 3 aliphatic rings. The molecule has 0 spiro atoms. The number of ether oxygens (including phenoxy) is 1. The van der Waals surface area contributed by atoms with Crippen molar-refractivity contribution in [1.29, 1.82) is 0 Å². The first kappa shape index (κ1) is 29.8.